The fourth-order valence-corrected chi connectivity index (χ4v) is 3.33. The summed E-state index contributed by atoms with van der Waals surface area (Å²) in [5, 5.41) is 9.11. The molecule has 2 aromatic carbocycles. The van der Waals surface area contributed by atoms with Crippen LogP contribution in [-0.2, 0) is 19.1 Å². The van der Waals surface area contributed by atoms with E-state index in [4.69, 9.17) is 9.47 Å². The van der Waals surface area contributed by atoms with E-state index in [9.17, 15) is 14.4 Å². The van der Waals surface area contributed by atoms with Gasteiger partial charge in [0.05, 0.1) is 12.3 Å². The summed E-state index contributed by atoms with van der Waals surface area (Å²) in [5.74, 6) is -1.58. The zero-order valence-electron chi connectivity index (χ0n) is 18.1. The lowest BCUT2D eigenvalue weighted by Gasteiger charge is -2.10. The average molecular weight is 517 g/mol. The van der Waals surface area contributed by atoms with E-state index in [1.54, 1.807) is 30.3 Å². The van der Waals surface area contributed by atoms with Gasteiger partial charge in [0.25, 0.3) is 5.91 Å². The molecule has 3 amide bonds. The molecule has 33 heavy (non-hydrogen) atoms. The number of halogens is 1. The maximum absolute atomic E-state index is 12.2. The lowest BCUT2D eigenvalue weighted by Crippen LogP contribution is -2.41. The molecule has 3 N–H and O–H groups in total. The number of para-hydroxylation sites is 1. The van der Waals surface area contributed by atoms with Crippen LogP contribution in [-0.4, -0.2) is 49.8 Å². The van der Waals surface area contributed by atoms with E-state index in [-0.39, 0.29) is 25.2 Å². The summed E-state index contributed by atoms with van der Waals surface area (Å²) in [7, 11) is 0. The van der Waals surface area contributed by atoms with E-state index < -0.39 is 11.8 Å². The summed E-state index contributed by atoms with van der Waals surface area (Å²) < 4.78 is 12.0. The van der Waals surface area contributed by atoms with Gasteiger partial charge in [0, 0.05) is 28.9 Å². The van der Waals surface area contributed by atoms with Crippen LogP contribution in [0.15, 0.2) is 52.0 Å². The van der Waals surface area contributed by atoms with Crippen LogP contribution >= 0.6 is 15.9 Å². The monoisotopic (exact) mass is 516 g/mol. The number of amides is 3. The number of hydrogen-bond donors (Lipinski definition) is 3. The average Bonchev–Trinajstić information content (AvgIpc) is 3.33. The van der Waals surface area contributed by atoms with Gasteiger partial charge in [0.15, 0.2) is 6.61 Å². The molecule has 0 aliphatic carbocycles. The molecule has 9 nitrogen and oxygen atoms in total. The van der Waals surface area contributed by atoms with E-state index in [0.717, 1.165) is 22.9 Å². The Labute approximate surface area is 200 Å². The van der Waals surface area contributed by atoms with Gasteiger partial charge in [-0.1, -0.05) is 28.1 Å². The molecule has 1 aliphatic rings. The molecule has 0 radical (unpaired) electrons. The number of hydrazone groups is 1. The molecule has 1 heterocycles. The molecule has 174 valence electrons. The SMILES string of the molecule is Cc1cc(NC(=O)COc2ccccc2/C=N\NC(=O)C(=O)NC[C@H]2CCCO2)ccc1Br. The predicted molar refractivity (Wildman–Crippen MR) is 127 cm³/mol. The van der Waals surface area contributed by atoms with Crippen molar-refractivity contribution in [2.45, 2.75) is 25.9 Å². The molecule has 2 aromatic rings. The number of ether oxygens (including phenoxy) is 2. The molecule has 0 unspecified atom stereocenters. The highest BCUT2D eigenvalue weighted by molar-refractivity contribution is 9.10. The van der Waals surface area contributed by atoms with E-state index in [1.165, 1.54) is 6.21 Å². The van der Waals surface area contributed by atoms with Crippen molar-refractivity contribution in [3.05, 3.63) is 58.1 Å². The minimum atomic E-state index is -0.883. The van der Waals surface area contributed by atoms with Crippen LogP contribution in [0, 0.1) is 6.92 Å². The fourth-order valence-electron chi connectivity index (χ4n) is 3.08. The Morgan fingerprint density at radius 1 is 1.21 bits per heavy atom. The topological polar surface area (TPSA) is 118 Å². The van der Waals surface area contributed by atoms with Crippen molar-refractivity contribution in [3.8, 4) is 5.75 Å². The zero-order chi connectivity index (χ0) is 23.6. The Morgan fingerprint density at radius 2 is 2.03 bits per heavy atom. The summed E-state index contributed by atoms with van der Waals surface area (Å²) in [6.07, 6.45) is 3.09. The van der Waals surface area contributed by atoms with Crippen LogP contribution in [0.25, 0.3) is 0 Å². The molecule has 0 spiro atoms. The Bertz CT molecular complexity index is 1040. The quantitative estimate of drug-likeness (QED) is 0.283. The largest absolute Gasteiger partial charge is 0.483 e. The van der Waals surface area contributed by atoms with Crippen molar-refractivity contribution in [3.63, 3.8) is 0 Å². The van der Waals surface area contributed by atoms with Crippen LogP contribution < -0.4 is 20.8 Å². The van der Waals surface area contributed by atoms with Gasteiger partial charge in [0.1, 0.15) is 5.75 Å². The number of anilines is 1. The highest BCUT2D eigenvalue weighted by Gasteiger charge is 2.19. The number of aryl methyl sites for hydroxylation is 1. The highest BCUT2D eigenvalue weighted by atomic mass is 79.9. The highest BCUT2D eigenvalue weighted by Crippen LogP contribution is 2.20. The van der Waals surface area contributed by atoms with E-state index in [0.29, 0.717) is 23.6 Å². The van der Waals surface area contributed by atoms with Crippen molar-refractivity contribution in [1.82, 2.24) is 10.7 Å². The first-order valence-corrected chi connectivity index (χ1v) is 11.2. The lowest BCUT2D eigenvalue weighted by atomic mass is 10.2. The molecule has 3 rings (SSSR count). The van der Waals surface area contributed by atoms with E-state index >= 15 is 0 Å². The summed E-state index contributed by atoms with van der Waals surface area (Å²) in [4.78, 5) is 36.0. The van der Waals surface area contributed by atoms with E-state index in [1.807, 2.05) is 19.1 Å². The van der Waals surface area contributed by atoms with Gasteiger partial charge in [-0.3, -0.25) is 14.4 Å². The Kier molecular flexibility index (Phi) is 8.96. The van der Waals surface area contributed by atoms with Crippen molar-refractivity contribution in [1.29, 1.82) is 0 Å². The van der Waals surface area contributed by atoms with Crippen LogP contribution in [0.5, 0.6) is 5.75 Å². The molecule has 0 saturated carbocycles. The minimum Gasteiger partial charge on any atom is -0.483 e. The molecule has 0 bridgehead atoms. The smallest absolute Gasteiger partial charge is 0.329 e. The van der Waals surface area contributed by atoms with Gasteiger partial charge in [-0.2, -0.15) is 5.10 Å². The molecule has 1 fully saturated rings. The lowest BCUT2D eigenvalue weighted by molar-refractivity contribution is -0.139. The second-order valence-corrected chi connectivity index (χ2v) is 8.24. The summed E-state index contributed by atoms with van der Waals surface area (Å²) in [5.41, 5.74) is 4.38. The zero-order valence-corrected chi connectivity index (χ0v) is 19.7. The molecule has 1 atom stereocenters. The fraction of sp³-hybridized carbons (Fsp3) is 0.304. The van der Waals surface area contributed by atoms with Gasteiger partial charge in [-0.15, -0.1) is 0 Å². The Morgan fingerprint density at radius 3 is 2.79 bits per heavy atom. The van der Waals surface area contributed by atoms with Crippen LogP contribution in [0.2, 0.25) is 0 Å². The molecule has 1 saturated heterocycles. The van der Waals surface area contributed by atoms with Crippen LogP contribution in [0.3, 0.4) is 0 Å². The Balaban J connectivity index is 1.48. The van der Waals surface area contributed by atoms with Gasteiger partial charge in [-0.25, -0.2) is 5.43 Å². The predicted octanol–water partition coefficient (Wildman–Crippen LogP) is 2.52. The maximum atomic E-state index is 12.2. The Hall–Kier alpha value is -3.24. The minimum absolute atomic E-state index is 0.0562. The summed E-state index contributed by atoms with van der Waals surface area (Å²) >= 11 is 3.42. The molecule has 10 heteroatoms. The first-order chi connectivity index (χ1) is 15.9. The summed E-state index contributed by atoms with van der Waals surface area (Å²) in [6.45, 7) is 2.68. The molecular formula is C23H25BrN4O5. The number of rotatable bonds is 8. The maximum Gasteiger partial charge on any atom is 0.329 e. The second-order valence-electron chi connectivity index (χ2n) is 7.38. The standard InChI is InChI=1S/C23H25BrN4O5/c1-15-11-17(8-9-19(15)24)27-21(29)14-33-20-7-3-2-5-16(20)12-26-28-23(31)22(30)25-13-18-6-4-10-32-18/h2-3,5,7-9,11-12,18H,4,6,10,13-14H2,1H3,(H,25,30)(H,27,29)(H,28,31)/b26-12-/t18-/m1/s1. The van der Waals surface area contributed by atoms with Crippen LogP contribution in [0.1, 0.15) is 24.0 Å². The first kappa shape index (κ1) is 24.4. The third kappa shape index (κ3) is 7.69. The normalized spacial score (nSPS) is 15.3. The van der Waals surface area contributed by atoms with Crippen LogP contribution in [0.4, 0.5) is 5.69 Å². The van der Waals surface area contributed by atoms with Crippen molar-refractivity contribution >= 4 is 45.6 Å². The second kappa shape index (κ2) is 12.1. The van der Waals surface area contributed by atoms with Crippen molar-refractivity contribution in [2.75, 3.05) is 25.1 Å². The third-order valence-electron chi connectivity index (χ3n) is 4.81. The van der Waals surface area contributed by atoms with Crippen molar-refractivity contribution < 1.29 is 23.9 Å². The van der Waals surface area contributed by atoms with E-state index in [2.05, 4.69) is 37.1 Å². The molecule has 0 aromatic heterocycles. The number of carbonyl (C=O) groups excluding carboxylic acids is 3. The number of nitrogens with one attached hydrogen (secondary N) is 3. The number of carbonyl (C=O) groups is 3. The number of nitrogens with zero attached hydrogens (tertiary/aromatic N) is 1. The van der Waals surface area contributed by atoms with Crippen molar-refractivity contribution in [2.24, 2.45) is 5.10 Å². The number of benzene rings is 2. The van der Waals surface area contributed by atoms with Gasteiger partial charge >= 0.3 is 11.8 Å². The van der Waals surface area contributed by atoms with Gasteiger partial charge < -0.3 is 20.1 Å². The van der Waals surface area contributed by atoms with Gasteiger partial charge in [-0.05, 0) is 55.7 Å². The first-order valence-electron chi connectivity index (χ1n) is 10.4. The van der Waals surface area contributed by atoms with Gasteiger partial charge in [0.2, 0.25) is 0 Å². The third-order valence-corrected chi connectivity index (χ3v) is 5.70. The number of hydrogen-bond acceptors (Lipinski definition) is 6. The molecular weight excluding hydrogens is 492 g/mol. The molecule has 1 aliphatic heterocycles. The summed E-state index contributed by atoms with van der Waals surface area (Å²) in [6, 6.07) is 12.4.